The topological polar surface area (TPSA) is 59.1 Å². The minimum Gasteiger partial charge on any atom is -0.392 e. The Morgan fingerprint density at radius 1 is 1.33 bits per heavy atom. The van der Waals surface area contributed by atoms with Gasteiger partial charge >= 0.3 is 0 Å². The summed E-state index contributed by atoms with van der Waals surface area (Å²) in [5.74, 6) is 0.574. The molecule has 1 heterocycles. The molecule has 3 N–H and O–H groups in total. The Labute approximate surface area is 91.3 Å². The number of aromatic nitrogens is 1. The highest BCUT2D eigenvalue weighted by atomic mass is 16.3. The maximum Gasteiger partial charge on any atom is 0.0623 e. The first-order chi connectivity index (χ1) is 7.15. The van der Waals surface area contributed by atoms with Crippen LogP contribution < -0.4 is 5.73 Å². The molecule has 0 radical (unpaired) electrons. The Bertz CT molecular complexity index is 274. The van der Waals surface area contributed by atoms with E-state index < -0.39 is 0 Å². The van der Waals surface area contributed by atoms with Gasteiger partial charge in [-0.1, -0.05) is 13.8 Å². The summed E-state index contributed by atoms with van der Waals surface area (Å²) in [5.41, 5.74) is 6.76. The normalized spacial score (nSPS) is 15.3. The summed E-state index contributed by atoms with van der Waals surface area (Å²) in [6.45, 7) is 4.71. The van der Waals surface area contributed by atoms with Crippen LogP contribution in [0.15, 0.2) is 24.5 Å². The summed E-state index contributed by atoms with van der Waals surface area (Å²) in [6, 6.07) is 3.86. The average molecular weight is 208 g/mol. The van der Waals surface area contributed by atoms with Crippen LogP contribution in [0.2, 0.25) is 0 Å². The Hall–Kier alpha value is -0.930. The largest absolute Gasteiger partial charge is 0.392 e. The molecule has 2 atom stereocenters. The van der Waals surface area contributed by atoms with Crippen LogP contribution in [-0.2, 0) is 6.42 Å². The number of pyridine rings is 1. The van der Waals surface area contributed by atoms with Crippen LogP contribution in [-0.4, -0.2) is 22.7 Å². The molecule has 3 heteroatoms. The number of nitrogens with two attached hydrogens (primary N) is 1. The lowest BCUT2D eigenvalue weighted by Crippen LogP contribution is -2.33. The van der Waals surface area contributed by atoms with E-state index >= 15 is 0 Å². The second-order valence-electron chi connectivity index (χ2n) is 4.27. The zero-order chi connectivity index (χ0) is 11.3. The molecule has 0 aromatic carbocycles. The molecule has 0 aliphatic heterocycles. The molecule has 0 spiro atoms. The summed E-state index contributed by atoms with van der Waals surface area (Å²) in [6.07, 6.45) is 3.78. The number of aliphatic hydroxyl groups excluding tert-OH is 1. The van der Waals surface area contributed by atoms with Crippen molar-refractivity contribution < 1.29 is 5.11 Å². The first-order valence-electron chi connectivity index (χ1n) is 5.42. The van der Waals surface area contributed by atoms with Crippen molar-refractivity contribution in [1.29, 1.82) is 0 Å². The van der Waals surface area contributed by atoms with Crippen molar-refractivity contribution >= 4 is 0 Å². The lowest BCUT2D eigenvalue weighted by atomic mass is 9.87. The van der Waals surface area contributed by atoms with Crippen LogP contribution in [0.4, 0.5) is 0 Å². The number of nitrogens with zero attached hydrogens (tertiary/aromatic N) is 1. The van der Waals surface area contributed by atoms with E-state index in [1.54, 1.807) is 12.4 Å². The Kier molecular flexibility index (Phi) is 4.72. The van der Waals surface area contributed by atoms with Crippen molar-refractivity contribution in [2.75, 3.05) is 6.54 Å². The average Bonchev–Trinajstić information content (AvgIpc) is 2.19. The molecular formula is C12H20N2O. The van der Waals surface area contributed by atoms with Crippen molar-refractivity contribution in [3.8, 4) is 0 Å². The van der Waals surface area contributed by atoms with Crippen molar-refractivity contribution in [3.63, 3.8) is 0 Å². The number of rotatable bonds is 5. The van der Waals surface area contributed by atoms with Crippen molar-refractivity contribution in [1.82, 2.24) is 4.98 Å². The molecule has 0 aliphatic carbocycles. The smallest absolute Gasteiger partial charge is 0.0623 e. The van der Waals surface area contributed by atoms with Crippen LogP contribution in [0.25, 0.3) is 0 Å². The van der Waals surface area contributed by atoms with Gasteiger partial charge in [0.15, 0.2) is 0 Å². The van der Waals surface area contributed by atoms with Crippen LogP contribution in [0.3, 0.4) is 0 Å². The Morgan fingerprint density at radius 2 is 1.93 bits per heavy atom. The second kappa shape index (κ2) is 5.83. The highest BCUT2D eigenvalue weighted by Gasteiger charge is 2.21. The SMILES string of the molecule is CC(C)C(CN)C(O)Cc1ccncc1. The van der Waals surface area contributed by atoms with Crippen LogP contribution in [0.5, 0.6) is 0 Å². The van der Waals surface area contributed by atoms with Gasteiger partial charge in [-0.3, -0.25) is 4.98 Å². The summed E-state index contributed by atoms with van der Waals surface area (Å²) < 4.78 is 0. The first-order valence-corrected chi connectivity index (χ1v) is 5.42. The van der Waals surface area contributed by atoms with E-state index in [0.29, 0.717) is 18.9 Å². The van der Waals surface area contributed by atoms with E-state index in [9.17, 15) is 5.11 Å². The fourth-order valence-corrected chi connectivity index (χ4v) is 1.79. The second-order valence-corrected chi connectivity index (χ2v) is 4.27. The van der Waals surface area contributed by atoms with Crippen molar-refractivity contribution in [2.45, 2.75) is 26.4 Å². The molecule has 2 unspecified atom stereocenters. The van der Waals surface area contributed by atoms with Gasteiger partial charge in [0.25, 0.3) is 0 Å². The van der Waals surface area contributed by atoms with Gasteiger partial charge < -0.3 is 10.8 Å². The molecule has 0 saturated carbocycles. The van der Waals surface area contributed by atoms with Gasteiger partial charge in [0, 0.05) is 12.4 Å². The van der Waals surface area contributed by atoms with E-state index in [1.165, 1.54) is 0 Å². The molecule has 0 bridgehead atoms. The highest BCUT2D eigenvalue weighted by Crippen LogP contribution is 2.17. The zero-order valence-corrected chi connectivity index (χ0v) is 9.43. The maximum absolute atomic E-state index is 10.0. The number of hydrogen-bond donors (Lipinski definition) is 2. The summed E-state index contributed by atoms with van der Waals surface area (Å²) in [4.78, 5) is 3.95. The quantitative estimate of drug-likeness (QED) is 0.764. The molecule has 0 saturated heterocycles. The minimum absolute atomic E-state index is 0.165. The fraction of sp³-hybridized carbons (Fsp3) is 0.583. The Morgan fingerprint density at radius 3 is 2.40 bits per heavy atom. The van der Waals surface area contributed by atoms with Gasteiger partial charge in [-0.15, -0.1) is 0 Å². The van der Waals surface area contributed by atoms with Gasteiger partial charge in [-0.2, -0.15) is 0 Å². The predicted octanol–water partition coefficient (Wildman–Crippen LogP) is 1.22. The van der Waals surface area contributed by atoms with E-state index in [-0.39, 0.29) is 12.0 Å². The van der Waals surface area contributed by atoms with E-state index in [4.69, 9.17) is 5.73 Å². The predicted molar refractivity (Wildman–Crippen MR) is 61.3 cm³/mol. The van der Waals surface area contributed by atoms with E-state index in [1.807, 2.05) is 12.1 Å². The molecule has 1 aromatic rings. The molecule has 84 valence electrons. The van der Waals surface area contributed by atoms with Crippen LogP contribution in [0, 0.1) is 11.8 Å². The third-order valence-corrected chi connectivity index (χ3v) is 2.82. The number of hydrogen-bond acceptors (Lipinski definition) is 3. The molecule has 3 nitrogen and oxygen atoms in total. The minimum atomic E-state index is -0.364. The third kappa shape index (κ3) is 3.61. The molecular weight excluding hydrogens is 188 g/mol. The summed E-state index contributed by atoms with van der Waals surface area (Å²) in [5, 5.41) is 10.0. The van der Waals surface area contributed by atoms with Crippen LogP contribution >= 0.6 is 0 Å². The van der Waals surface area contributed by atoms with Crippen molar-refractivity contribution in [3.05, 3.63) is 30.1 Å². The zero-order valence-electron chi connectivity index (χ0n) is 9.43. The van der Waals surface area contributed by atoms with E-state index in [0.717, 1.165) is 5.56 Å². The molecule has 0 amide bonds. The molecule has 1 rings (SSSR count). The van der Waals surface area contributed by atoms with Gasteiger partial charge in [-0.05, 0) is 42.5 Å². The molecule has 0 aliphatic rings. The lowest BCUT2D eigenvalue weighted by Gasteiger charge is -2.24. The lowest BCUT2D eigenvalue weighted by molar-refractivity contribution is 0.0863. The third-order valence-electron chi connectivity index (χ3n) is 2.82. The molecule has 0 fully saturated rings. The summed E-state index contributed by atoms with van der Waals surface area (Å²) >= 11 is 0. The molecule has 15 heavy (non-hydrogen) atoms. The maximum atomic E-state index is 10.0. The fourth-order valence-electron chi connectivity index (χ4n) is 1.79. The first kappa shape index (κ1) is 12.1. The van der Waals surface area contributed by atoms with Gasteiger partial charge in [-0.25, -0.2) is 0 Å². The van der Waals surface area contributed by atoms with Gasteiger partial charge in [0.1, 0.15) is 0 Å². The standard InChI is InChI=1S/C12H20N2O/c1-9(2)11(8-13)12(15)7-10-3-5-14-6-4-10/h3-6,9,11-12,15H,7-8,13H2,1-2H3. The summed E-state index contributed by atoms with van der Waals surface area (Å²) in [7, 11) is 0. The van der Waals surface area contributed by atoms with Crippen molar-refractivity contribution in [2.24, 2.45) is 17.6 Å². The molecule has 1 aromatic heterocycles. The highest BCUT2D eigenvalue weighted by molar-refractivity contribution is 5.11. The van der Waals surface area contributed by atoms with Gasteiger partial charge in [0.2, 0.25) is 0 Å². The van der Waals surface area contributed by atoms with Gasteiger partial charge in [0.05, 0.1) is 6.10 Å². The number of aliphatic hydroxyl groups is 1. The van der Waals surface area contributed by atoms with Crippen LogP contribution in [0.1, 0.15) is 19.4 Å². The van der Waals surface area contributed by atoms with E-state index in [2.05, 4.69) is 18.8 Å². The Balaban J connectivity index is 2.58. The monoisotopic (exact) mass is 208 g/mol.